The Bertz CT molecular complexity index is 721. The van der Waals surface area contributed by atoms with Gasteiger partial charge >= 0.3 is 5.97 Å². The van der Waals surface area contributed by atoms with Crippen LogP contribution in [0.25, 0.3) is 5.69 Å². The summed E-state index contributed by atoms with van der Waals surface area (Å²) in [5.74, 6) is -1.33. The molecule has 0 fully saturated rings. The van der Waals surface area contributed by atoms with Gasteiger partial charge in [0.05, 0.1) is 18.9 Å². The molecule has 1 aliphatic rings. The Morgan fingerprint density at radius 3 is 2.84 bits per heavy atom. The molecule has 6 heteroatoms. The van der Waals surface area contributed by atoms with E-state index < -0.39 is 17.1 Å². The molecule has 0 radical (unpaired) electrons. The van der Waals surface area contributed by atoms with Crippen LogP contribution in [0.15, 0.2) is 35.3 Å². The highest BCUT2D eigenvalue weighted by Crippen LogP contribution is 2.22. The maximum absolute atomic E-state index is 11.4. The van der Waals surface area contributed by atoms with Gasteiger partial charge in [-0.05, 0) is 23.3 Å². The van der Waals surface area contributed by atoms with Gasteiger partial charge in [-0.2, -0.15) is 5.10 Å². The molecule has 1 aliphatic heterocycles. The van der Waals surface area contributed by atoms with Gasteiger partial charge in [-0.25, -0.2) is 9.48 Å². The van der Waals surface area contributed by atoms with Crippen LogP contribution >= 0.6 is 0 Å². The number of aromatic nitrogens is 2. The van der Waals surface area contributed by atoms with Crippen molar-refractivity contribution in [3.63, 3.8) is 0 Å². The van der Waals surface area contributed by atoms with Crippen molar-refractivity contribution in [1.82, 2.24) is 9.78 Å². The van der Waals surface area contributed by atoms with Crippen LogP contribution < -0.4 is 5.43 Å². The molecule has 19 heavy (non-hydrogen) atoms. The molecule has 0 saturated carbocycles. The van der Waals surface area contributed by atoms with E-state index >= 15 is 0 Å². The number of benzene rings is 1. The minimum atomic E-state index is -1.33. The third kappa shape index (κ3) is 2.02. The first-order chi connectivity index (χ1) is 9.15. The van der Waals surface area contributed by atoms with Crippen LogP contribution in [0.4, 0.5) is 0 Å². The van der Waals surface area contributed by atoms with Crippen LogP contribution in [-0.2, 0) is 18.0 Å². The number of carbonyl (C=O) groups is 1. The fourth-order valence-corrected chi connectivity index (χ4v) is 2.00. The van der Waals surface area contributed by atoms with E-state index in [9.17, 15) is 9.59 Å². The van der Waals surface area contributed by atoms with E-state index in [0.717, 1.165) is 11.1 Å². The van der Waals surface area contributed by atoms with Crippen LogP contribution in [0.1, 0.15) is 21.6 Å². The second-order valence-electron chi connectivity index (χ2n) is 4.22. The molecule has 0 unspecified atom stereocenters. The summed E-state index contributed by atoms with van der Waals surface area (Å²) in [4.78, 5) is 22.3. The molecular formula is C13H10N2O4. The third-order valence-corrected chi connectivity index (χ3v) is 2.98. The topological polar surface area (TPSA) is 81.4 Å². The predicted molar refractivity (Wildman–Crippen MR) is 65.3 cm³/mol. The van der Waals surface area contributed by atoms with Crippen molar-refractivity contribution >= 4 is 5.97 Å². The highest BCUT2D eigenvalue weighted by atomic mass is 16.5. The number of aromatic carboxylic acids is 1. The van der Waals surface area contributed by atoms with E-state index in [0.29, 0.717) is 18.9 Å². The first-order valence-electron chi connectivity index (χ1n) is 5.68. The molecule has 96 valence electrons. The molecule has 1 N–H and O–H groups in total. The van der Waals surface area contributed by atoms with Crippen molar-refractivity contribution in [2.45, 2.75) is 13.2 Å². The minimum Gasteiger partial charge on any atom is -0.476 e. The van der Waals surface area contributed by atoms with Gasteiger partial charge in [0, 0.05) is 12.3 Å². The van der Waals surface area contributed by atoms with Gasteiger partial charge in [-0.3, -0.25) is 4.79 Å². The van der Waals surface area contributed by atoms with Crippen molar-refractivity contribution in [2.24, 2.45) is 0 Å². The number of carboxylic acids is 1. The zero-order valence-corrected chi connectivity index (χ0v) is 9.87. The van der Waals surface area contributed by atoms with E-state index in [4.69, 9.17) is 9.84 Å². The van der Waals surface area contributed by atoms with E-state index in [2.05, 4.69) is 5.10 Å². The molecule has 3 rings (SSSR count). The number of fused-ring (bicyclic) bond motifs is 1. The number of nitrogens with zero attached hydrogens (tertiary/aromatic N) is 2. The normalized spacial score (nSPS) is 13.3. The molecular weight excluding hydrogens is 248 g/mol. The Balaban J connectivity index is 2.10. The lowest BCUT2D eigenvalue weighted by Gasteiger charge is -2.07. The van der Waals surface area contributed by atoms with E-state index in [1.54, 1.807) is 0 Å². The lowest BCUT2D eigenvalue weighted by atomic mass is 10.1. The van der Waals surface area contributed by atoms with Gasteiger partial charge in [0.2, 0.25) is 11.1 Å². The zero-order valence-electron chi connectivity index (χ0n) is 9.87. The quantitative estimate of drug-likeness (QED) is 0.867. The lowest BCUT2D eigenvalue weighted by molar-refractivity contribution is 0.0687. The smallest absolute Gasteiger partial charge is 0.360 e. The van der Waals surface area contributed by atoms with Gasteiger partial charge in [-0.15, -0.1) is 0 Å². The zero-order chi connectivity index (χ0) is 13.4. The fourth-order valence-electron chi connectivity index (χ4n) is 2.00. The summed E-state index contributed by atoms with van der Waals surface area (Å²) in [5, 5.41) is 12.7. The van der Waals surface area contributed by atoms with Gasteiger partial charge in [0.25, 0.3) is 0 Å². The second kappa shape index (κ2) is 4.33. The number of rotatable bonds is 2. The van der Waals surface area contributed by atoms with Crippen LogP contribution in [0, 0.1) is 0 Å². The van der Waals surface area contributed by atoms with E-state index in [-0.39, 0.29) is 0 Å². The maximum Gasteiger partial charge on any atom is 0.360 e. The predicted octanol–water partition coefficient (Wildman–Crippen LogP) is 0.961. The number of ether oxygens (including phenoxy) is 1. The first-order valence-corrected chi connectivity index (χ1v) is 5.68. The minimum absolute atomic E-state index is 0.487. The summed E-state index contributed by atoms with van der Waals surface area (Å²) in [6.07, 6.45) is 1.45. The molecule has 0 bridgehead atoms. The molecule has 0 saturated heterocycles. The molecule has 2 aromatic rings. The van der Waals surface area contributed by atoms with Gasteiger partial charge < -0.3 is 9.84 Å². The molecule has 0 amide bonds. The highest BCUT2D eigenvalue weighted by Gasteiger charge is 2.14. The number of hydrogen-bond donors (Lipinski definition) is 1. The Hall–Kier alpha value is -2.47. The molecule has 0 atom stereocenters. The van der Waals surface area contributed by atoms with Crippen molar-refractivity contribution in [2.75, 3.05) is 0 Å². The lowest BCUT2D eigenvalue weighted by Crippen LogP contribution is -2.20. The van der Waals surface area contributed by atoms with Crippen LogP contribution in [0.2, 0.25) is 0 Å². The average Bonchev–Trinajstić information content (AvgIpc) is 2.86. The molecule has 6 nitrogen and oxygen atoms in total. The Morgan fingerprint density at radius 1 is 1.26 bits per heavy atom. The number of carboxylic acid groups (broad SMARTS) is 1. The maximum atomic E-state index is 11.4. The molecule has 0 spiro atoms. The second-order valence-corrected chi connectivity index (χ2v) is 4.22. The van der Waals surface area contributed by atoms with E-state index in [1.807, 2.05) is 18.2 Å². The van der Waals surface area contributed by atoms with Crippen molar-refractivity contribution in [1.29, 1.82) is 0 Å². The standard InChI is InChI=1S/C13H10N2O4/c16-11-3-4-15(14-12(11)13(17)18)10-2-1-8-6-19-7-9(8)5-10/h1-5H,6-7H2,(H,17,18). The first kappa shape index (κ1) is 11.6. The highest BCUT2D eigenvalue weighted by molar-refractivity contribution is 5.84. The van der Waals surface area contributed by atoms with Gasteiger partial charge in [-0.1, -0.05) is 6.07 Å². The van der Waals surface area contributed by atoms with Crippen LogP contribution in [-0.4, -0.2) is 20.9 Å². The summed E-state index contributed by atoms with van der Waals surface area (Å²) >= 11 is 0. The molecule has 1 aromatic heterocycles. The summed E-state index contributed by atoms with van der Waals surface area (Å²) in [6, 6.07) is 6.81. The van der Waals surface area contributed by atoms with Crippen LogP contribution in [0.3, 0.4) is 0 Å². The Labute approximate surface area is 107 Å². The third-order valence-electron chi connectivity index (χ3n) is 2.98. The van der Waals surface area contributed by atoms with Crippen molar-refractivity contribution < 1.29 is 14.6 Å². The Morgan fingerprint density at radius 2 is 2.05 bits per heavy atom. The van der Waals surface area contributed by atoms with E-state index in [1.165, 1.54) is 16.9 Å². The fraction of sp³-hybridized carbons (Fsp3) is 0.154. The molecule has 0 aliphatic carbocycles. The summed E-state index contributed by atoms with van der Waals surface area (Å²) in [7, 11) is 0. The van der Waals surface area contributed by atoms with Crippen molar-refractivity contribution in [3.05, 3.63) is 57.5 Å². The van der Waals surface area contributed by atoms with Crippen molar-refractivity contribution in [3.8, 4) is 5.69 Å². The monoisotopic (exact) mass is 258 g/mol. The average molecular weight is 258 g/mol. The van der Waals surface area contributed by atoms with Crippen LogP contribution in [0.5, 0.6) is 0 Å². The van der Waals surface area contributed by atoms with Gasteiger partial charge in [0.15, 0.2) is 0 Å². The summed E-state index contributed by atoms with van der Waals surface area (Å²) in [5.41, 5.74) is 1.78. The number of hydrogen-bond acceptors (Lipinski definition) is 4. The Kier molecular flexibility index (Phi) is 2.64. The molecule has 2 heterocycles. The van der Waals surface area contributed by atoms with Gasteiger partial charge in [0.1, 0.15) is 0 Å². The molecule has 1 aromatic carbocycles. The summed E-state index contributed by atoms with van der Waals surface area (Å²) < 4.78 is 6.69. The SMILES string of the molecule is O=C(O)c1nn(-c2ccc3c(c2)COC3)ccc1=O. The summed E-state index contributed by atoms with van der Waals surface area (Å²) in [6.45, 7) is 1.13. The largest absolute Gasteiger partial charge is 0.476 e.